The van der Waals surface area contributed by atoms with Crippen molar-refractivity contribution in [2.75, 3.05) is 36.8 Å². The molecule has 0 unspecified atom stereocenters. The number of piperazine rings is 1. The van der Waals surface area contributed by atoms with E-state index >= 15 is 0 Å². The van der Waals surface area contributed by atoms with Crippen LogP contribution in [0.2, 0.25) is 5.02 Å². The molecule has 1 saturated heterocycles. The number of carbonyl (C=O) groups excluding carboxylic acids is 1. The Kier molecular flexibility index (Phi) is 3.43. The van der Waals surface area contributed by atoms with Gasteiger partial charge in [0.1, 0.15) is 5.52 Å². The van der Waals surface area contributed by atoms with Crippen LogP contribution in [0, 0.1) is 0 Å². The largest absolute Gasteiger partial charge is 0.375 e. The Hall–Kier alpha value is -1.53. The lowest BCUT2D eigenvalue weighted by atomic mass is 10.2. The Morgan fingerprint density at radius 3 is 2.70 bits per heavy atom. The number of anilines is 2. The molecule has 1 fully saturated rings. The van der Waals surface area contributed by atoms with E-state index in [1.807, 2.05) is 17.0 Å². The average molecular weight is 311 g/mol. The van der Waals surface area contributed by atoms with Gasteiger partial charge in [-0.15, -0.1) is 0 Å². The van der Waals surface area contributed by atoms with Crippen LogP contribution < -0.4 is 10.6 Å². The molecule has 7 heteroatoms. The zero-order chi connectivity index (χ0) is 14.3. The van der Waals surface area contributed by atoms with E-state index in [0.717, 1.165) is 29.0 Å². The SMILES string of the molecule is CC(=O)N1CCN(c2c(Cl)ccc3sc(N)nc23)CC1. The highest BCUT2D eigenvalue weighted by Gasteiger charge is 2.23. The number of nitrogens with two attached hydrogens (primary N) is 1. The minimum absolute atomic E-state index is 0.117. The summed E-state index contributed by atoms with van der Waals surface area (Å²) in [7, 11) is 0. The Morgan fingerprint density at radius 2 is 2.05 bits per heavy atom. The molecule has 5 nitrogen and oxygen atoms in total. The van der Waals surface area contributed by atoms with Crippen molar-refractivity contribution in [1.29, 1.82) is 0 Å². The van der Waals surface area contributed by atoms with Crippen LogP contribution in [0.25, 0.3) is 10.2 Å². The highest BCUT2D eigenvalue weighted by atomic mass is 35.5. The van der Waals surface area contributed by atoms with Crippen molar-refractivity contribution in [3.8, 4) is 0 Å². The molecule has 3 rings (SSSR count). The molecule has 1 aromatic carbocycles. The molecule has 2 N–H and O–H groups in total. The molecular weight excluding hydrogens is 296 g/mol. The molecule has 0 aliphatic carbocycles. The topological polar surface area (TPSA) is 62.5 Å². The standard InChI is InChI=1S/C13H15ClN4OS/c1-8(19)17-4-6-18(7-5-17)12-9(14)2-3-10-11(12)16-13(15)20-10/h2-3H,4-7H2,1H3,(H2,15,16). The summed E-state index contributed by atoms with van der Waals surface area (Å²) < 4.78 is 1.04. The van der Waals surface area contributed by atoms with Gasteiger partial charge < -0.3 is 15.5 Å². The first kappa shape index (κ1) is 13.5. The van der Waals surface area contributed by atoms with E-state index in [4.69, 9.17) is 17.3 Å². The van der Waals surface area contributed by atoms with Crippen LogP contribution in [0.4, 0.5) is 10.8 Å². The van der Waals surface area contributed by atoms with Crippen LogP contribution in [-0.2, 0) is 4.79 Å². The quantitative estimate of drug-likeness (QED) is 0.877. The van der Waals surface area contributed by atoms with E-state index < -0.39 is 0 Å². The van der Waals surface area contributed by atoms with Gasteiger partial charge in [0.25, 0.3) is 0 Å². The van der Waals surface area contributed by atoms with Crippen LogP contribution in [0.1, 0.15) is 6.92 Å². The van der Waals surface area contributed by atoms with Crippen molar-refractivity contribution >= 4 is 49.9 Å². The third kappa shape index (κ3) is 2.29. The number of thiazole rings is 1. The van der Waals surface area contributed by atoms with Gasteiger partial charge >= 0.3 is 0 Å². The normalized spacial score (nSPS) is 15.9. The van der Waals surface area contributed by atoms with Gasteiger partial charge in [-0.1, -0.05) is 22.9 Å². The summed E-state index contributed by atoms with van der Waals surface area (Å²) >= 11 is 7.81. The van der Waals surface area contributed by atoms with Crippen molar-refractivity contribution in [1.82, 2.24) is 9.88 Å². The first-order valence-corrected chi connectivity index (χ1v) is 7.60. The number of hydrogen-bond donors (Lipinski definition) is 1. The second-order valence-electron chi connectivity index (χ2n) is 4.79. The van der Waals surface area contributed by atoms with E-state index in [2.05, 4.69) is 9.88 Å². The second kappa shape index (κ2) is 5.10. The fraction of sp³-hybridized carbons (Fsp3) is 0.385. The maximum atomic E-state index is 11.4. The first-order valence-electron chi connectivity index (χ1n) is 6.41. The van der Waals surface area contributed by atoms with Gasteiger partial charge in [-0.3, -0.25) is 4.79 Å². The smallest absolute Gasteiger partial charge is 0.219 e. The number of carbonyl (C=O) groups is 1. The molecule has 0 spiro atoms. The van der Waals surface area contributed by atoms with Gasteiger partial charge in [0.05, 0.1) is 15.4 Å². The maximum Gasteiger partial charge on any atom is 0.219 e. The summed E-state index contributed by atoms with van der Waals surface area (Å²) in [6.07, 6.45) is 0. The molecule has 0 saturated carbocycles. The number of halogens is 1. The van der Waals surface area contributed by atoms with Crippen LogP contribution >= 0.6 is 22.9 Å². The van der Waals surface area contributed by atoms with Crippen LogP contribution in [-0.4, -0.2) is 42.0 Å². The number of hydrogen-bond acceptors (Lipinski definition) is 5. The highest BCUT2D eigenvalue weighted by Crippen LogP contribution is 2.37. The molecule has 0 bridgehead atoms. The van der Waals surface area contributed by atoms with Gasteiger partial charge in [-0.25, -0.2) is 4.98 Å². The fourth-order valence-corrected chi connectivity index (χ4v) is 3.53. The minimum Gasteiger partial charge on any atom is -0.375 e. The molecule has 1 aliphatic heterocycles. The molecule has 2 heterocycles. The van der Waals surface area contributed by atoms with E-state index in [0.29, 0.717) is 23.2 Å². The summed E-state index contributed by atoms with van der Waals surface area (Å²) in [6.45, 7) is 4.54. The van der Waals surface area contributed by atoms with E-state index in [1.54, 1.807) is 6.92 Å². The molecule has 1 aromatic heterocycles. The third-order valence-corrected chi connectivity index (χ3v) is 4.70. The third-order valence-electron chi connectivity index (χ3n) is 3.54. The summed E-state index contributed by atoms with van der Waals surface area (Å²) in [4.78, 5) is 19.8. The fourth-order valence-electron chi connectivity index (χ4n) is 2.52. The molecule has 20 heavy (non-hydrogen) atoms. The summed E-state index contributed by atoms with van der Waals surface area (Å²) in [5.41, 5.74) is 7.58. The van der Waals surface area contributed by atoms with Gasteiger partial charge in [0.15, 0.2) is 5.13 Å². The van der Waals surface area contributed by atoms with Gasteiger partial charge in [0.2, 0.25) is 5.91 Å². The lowest BCUT2D eigenvalue weighted by molar-refractivity contribution is -0.129. The van der Waals surface area contributed by atoms with Crippen LogP contribution in [0.15, 0.2) is 12.1 Å². The molecule has 1 amide bonds. The number of benzene rings is 1. The van der Waals surface area contributed by atoms with E-state index in [9.17, 15) is 4.79 Å². The number of nitrogens with zero attached hydrogens (tertiary/aromatic N) is 3. The van der Waals surface area contributed by atoms with Gasteiger partial charge in [-0.2, -0.15) is 0 Å². The summed E-state index contributed by atoms with van der Waals surface area (Å²) in [5.74, 6) is 0.117. The first-order chi connectivity index (χ1) is 9.56. The van der Waals surface area contributed by atoms with Gasteiger partial charge in [0, 0.05) is 33.1 Å². The summed E-state index contributed by atoms with van der Waals surface area (Å²) in [5, 5.41) is 1.23. The van der Waals surface area contributed by atoms with Crippen molar-refractivity contribution in [2.24, 2.45) is 0 Å². The predicted octanol–water partition coefficient (Wildman–Crippen LogP) is 2.20. The average Bonchev–Trinajstić information content (AvgIpc) is 2.79. The number of rotatable bonds is 1. The molecule has 106 valence electrons. The zero-order valence-corrected chi connectivity index (χ0v) is 12.7. The van der Waals surface area contributed by atoms with Crippen molar-refractivity contribution in [2.45, 2.75) is 6.92 Å². The molecule has 0 atom stereocenters. The lowest BCUT2D eigenvalue weighted by Crippen LogP contribution is -2.48. The number of fused-ring (bicyclic) bond motifs is 1. The van der Waals surface area contributed by atoms with E-state index in [-0.39, 0.29) is 5.91 Å². The van der Waals surface area contributed by atoms with Crippen molar-refractivity contribution in [3.05, 3.63) is 17.2 Å². The highest BCUT2D eigenvalue weighted by molar-refractivity contribution is 7.22. The van der Waals surface area contributed by atoms with Crippen molar-refractivity contribution < 1.29 is 4.79 Å². The molecular formula is C13H15ClN4OS. The van der Waals surface area contributed by atoms with Gasteiger partial charge in [-0.05, 0) is 12.1 Å². The monoisotopic (exact) mass is 310 g/mol. The number of aromatic nitrogens is 1. The number of amides is 1. The predicted molar refractivity (Wildman–Crippen MR) is 83.5 cm³/mol. The number of nitrogen functional groups attached to an aromatic ring is 1. The molecule has 2 aromatic rings. The lowest BCUT2D eigenvalue weighted by Gasteiger charge is -2.36. The Balaban J connectivity index is 1.94. The second-order valence-corrected chi connectivity index (χ2v) is 6.26. The summed E-state index contributed by atoms with van der Waals surface area (Å²) in [6, 6.07) is 3.83. The zero-order valence-electron chi connectivity index (χ0n) is 11.1. The molecule has 0 radical (unpaired) electrons. The van der Waals surface area contributed by atoms with E-state index in [1.165, 1.54) is 11.3 Å². The maximum absolute atomic E-state index is 11.4. The minimum atomic E-state index is 0.117. The Labute approximate surface area is 125 Å². The van der Waals surface area contributed by atoms with Crippen LogP contribution in [0.3, 0.4) is 0 Å². The van der Waals surface area contributed by atoms with Crippen molar-refractivity contribution in [3.63, 3.8) is 0 Å². The Bertz CT molecular complexity index is 664. The molecule has 1 aliphatic rings. The Morgan fingerprint density at radius 1 is 1.35 bits per heavy atom. The van der Waals surface area contributed by atoms with Crippen LogP contribution in [0.5, 0.6) is 0 Å².